The molecule has 2 aromatic rings. The van der Waals surface area contributed by atoms with Crippen LogP contribution in [0.4, 0.5) is 0 Å². The monoisotopic (exact) mass is 412 g/mol. The molecule has 3 N–H and O–H groups in total. The quantitative estimate of drug-likeness (QED) is 0.493. The van der Waals surface area contributed by atoms with E-state index >= 15 is 0 Å². The average molecular weight is 413 g/mol. The maximum Gasteiger partial charge on any atom is 0.123 e. The van der Waals surface area contributed by atoms with Crippen molar-refractivity contribution in [2.45, 2.75) is 56.8 Å². The Morgan fingerprint density at radius 3 is 2.63 bits per heavy atom. The van der Waals surface area contributed by atoms with E-state index in [1.165, 1.54) is 17.5 Å². The summed E-state index contributed by atoms with van der Waals surface area (Å²) in [6, 6.07) is 19.7. The lowest BCUT2D eigenvalue weighted by atomic mass is 9.89. The van der Waals surface area contributed by atoms with Gasteiger partial charge in [0, 0.05) is 18.2 Å². The SMILES string of the molecule is COc1ccccc1CNC1CCCN(CCCCC(O)CO)C1c1ccccc1. The first-order valence-electron chi connectivity index (χ1n) is 11.2. The van der Waals surface area contributed by atoms with Crippen LogP contribution in [0, 0.1) is 0 Å². The van der Waals surface area contributed by atoms with Gasteiger partial charge in [-0.1, -0.05) is 48.5 Å². The number of para-hydroxylation sites is 1. The lowest BCUT2D eigenvalue weighted by Crippen LogP contribution is -2.48. The Morgan fingerprint density at radius 1 is 1.10 bits per heavy atom. The molecule has 3 rings (SSSR count). The predicted molar refractivity (Wildman–Crippen MR) is 121 cm³/mol. The number of nitrogens with one attached hydrogen (secondary N) is 1. The highest BCUT2D eigenvalue weighted by molar-refractivity contribution is 5.33. The number of likely N-dealkylation sites (tertiary alicyclic amines) is 1. The summed E-state index contributed by atoms with van der Waals surface area (Å²) in [4.78, 5) is 2.59. The summed E-state index contributed by atoms with van der Waals surface area (Å²) in [6.07, 6.45) is 4.35. The number of hydrogen-bond acceptors (Lipinski definition) is 5. The van der Waals surface area contributed by atoms with E-state index in [1.54, 1.807) is 7.11 Å². The van der Waals surface area contributed by atoms with Crippen molar-refractivity contribution >= 4 is 0 Å². The van der Waals surface area contributed by atoms with E-state index in [1.807, 2.05) is 12.1 Å². The van der Waals surface area contributed by atoms with E-state index < -0.39 is 6.10 Å². The number of methoxy groups -OCH3 is 1. The number of rotatable bonds is 11. The molecule has 0 saturated carbocycles. The topological polar surface area (TPSA) is 65.0 Å². The maximum atomic E-state index is 9.60. The molecule has 0 aromatic heterocycles. The standard InChI is InChI=1S/C25H36N2O3/c1-30-24-15-6-5-12-21(24)18-26-23-14-9-17-27(16-8-7-13-22(29)19-28)25(23)20-10-3-2-4-11-20/h2-6,10-12,15,22-23,25-26,28-29H,7-9,13-14,16-19H2,1H3. The Hall–Kier alpha value is -1.92. The van der Waals surface area contributed by atoms with Crippen LogP contribution in [0.25, 0.3) is 0 Å². The van der Waals surface area contributed by atoms with Gasteiger partial charge >= 0.3 is 0 Å². The minimum Gasteiger partial charge on any atom is -0.496 e. The fourth-order valence-electron chi connectivity index (χ4n) is 4.50. The van der Waals surface area contributed by atoms with Gasteiger partial charge < -0.3 is 20.3 Å². The summed E-state index contributed by atoms with van der Waals surface area (Å²) in [5.41, 5.74) is 2.53. The zero-order chi connectivity index (χ0) is 21.2. The lowest BCUT2D eigenvalue weighted by molar-refractivity contribution is 0.0804. The van der Waals surface area contributed by atoms with Crippen LogP contribution in [0.1, 0.15) is 49.3 Å². The summed E-state index contributed by atoms with van der Waals surface area (Å²) in [6.45, 7) is 2.74. The van der Waals surface area contributed by atoms with E-state index in [-0.39, 0.29) is 6.61 Å². The molecular weight excluding hydrogens is 376 g/mol. The van der Waals surface area contributed by atoms with Gasteiger partial charge in [-0.05, 0) is 56.8 Å². The van der Waals surface area contributed by atoms with Crippen LogP contribution >= 0.6 is 0 Å². The van der Waals surface area contributed by atoms with Crippen molar-refractivity contribution in [3.8, 4) is 5.75 Å². The van der Waals surface area contributed by atoms with Gasteiger partial charge in [-0.3, -0.25) is 4.90 Å². The Kier molecular flexibility index (Phi) is 9.15. The van der Waals surface area contributed by atoms with Gasteiger partial charge in [0.05, 0.1) is 25.9 Å². The zero-order valence-corrected chi connectivity index (χ0v) is 18.0. The van der Waals surface area contributed by atoms with Gasteiger partial charge in [-0.15, -0.1) is 0 Å². The first-order chi connectivity index (χ1) is 14.7. The third-order valence-corrected chi connectivity index (χ3v) is 6.07. The first-order valence-corrected chi connectivity index (χ1v) is 11.2. The van der Waals surface area contributed by atoms with Crippen molar-refractivity contribution in [3.63, 3.8) is 0 Å². The molecule has 2 aromatic carbocycles. The van der Waals surface area contributed by atoms with E-state index in [2.05, 4.69) is 52.7 Å². The minimum absolute atomic E-state index is 0.148. The molecule has 1 heterocycles. The highest BCUT2D eigenvalue weighted by Crippen LogP contribution is 2.32. The molecule has 1 saturated heterocycles. The number of unbranched alkanes of at least 4 members (excludes halogenated alkanes) is 1. The summed E-state index contributed by atoms with van der Waals surface area (Å²) in [5.74, 6) is 0.927. The number of hydrogen-bond donors (Lipinski definition) is 3. The largest absolute Gasteiger partial charge is 0.496 e. The molecule has 30 heavy (non-hydrogen) atoms. The van der Waals surface area contributed by atoms with Crippen molar-refractivity contribution < 1.29 is 14.9 Å². The third kappa shape index (κ3) is 6.29. The summed E-state index contributed by atoms with van der Waals surface area (Å²) in [5, 5.41) is 22.4. The van der Waals surface area contributed by atoms with E-state index in [0.717, 1.165) is 44.6 Å². The van der Waals surface area contributed by atoms with E-state index in [9.17, 15) is 5.11 Å². The lowest BCUT2D eigenvalue weighted by Gasteiger charge is -2.42. The van der Waals surface area contributed by atoms with Crippen LogP contribution in [0.3, 0.4) is 0 Å². The molecule has 0 aliphatic carbocycles. The number of piperidine rings is 1. The molecule has 3 atom stereocenters. The van der Waals surface area contributed by atoms with Crippen molar-refractivity contribution in [2.75, 3.05) is 26.8 Å². The summed E-state index contributed by atoms with van der Waals surface area (Å²) < 4.78 is 5.52. The number of ether oxygens (including phenoxy) is 1. The summed E-state index contributed by atoms with van der Waals surface area (Å²) in [7, 11) is 1.72. The minimum atomic E-state index is -0.591. The molecule has 0 bridgehead atoms. The molecule has 3 unspecified atom stereocenters. The Balaban J connectivity index is 1.67. The fraction of sp³-hybridized carbons (Fsp3) is 0.520. The Morgan fingerprint density at radius 2 is 1.87 bits per heavy atom. The predicted octanol–water partition coefficient (Wildman–Crippen LogP) is 3.51. The van der Waals surface area contributed by atoms with Gasteiger partial charge in [0.15, 0.2) is 0 Å². The number of aliphatic hydroxyl groups is 2. The molecule has 0 amide bonds. The molecule has 1 aliphatic heterocycles. The second kappa shape index (κ2) is 12.1. The van der Waals surface area contributed by atoms with Crippen LogP contribution < -0.4 is 10.1 Å². The van der Waals surface area contributed by atoms with Crippen LogP contribution in [-0.4, -0.2) is 54.1 Å². The zero-order valence-electron chi connectivity index (χ0n) is 18.0. The molecule has 1 aliphatic rings. The molecule has 5 nitrogen and oxygen atoms in total. The highest BCUT2D eigenvalue weighted by Gasteiger charge is 2.32. The number of aliphatic hydroxyl groups excluding tert-OH is 2. The van der Waals surface area contributed by atoms with Gasteiger partial charge in [0.2, 0.25) is 0 Å². The normalized spacial score (nSPS) is 20.8. The van der Waals surface area contributed by atoms with E-state index in [0.29, 0.717) is 18.5 Å². The molecular formula is C25H36N2O3. The maximum absolute atomic E-state index is 9.60. The Labute approximate surface area is 180 Å². The molecule has 164 valence electrons. The van der Waals surface area contributed by atoms with Crippen molar-refractivity contribution in [2.24, 2.45) is 0 Å². The number of nitrogens with zero attached hydrogens (tertiary/aromatic N) is 1. The van der Waals surface area contributed by atoms with Crippen LogP contribution in [0.15, 0.2) is 54.6 Å². The summed E-state index contributed by atoms with van der Waals surface area (Å²) >= 11 is 0. The molecule has 0 radical (unpaired) electrons. The Bertz CT molecular complexity index is 740. The second-order valence-corrected chi connectivity index (χ2v) is 8.17. The van der Waals surface area contributed by atoms with Crippen molar-refractivity contribution in [1.82, 2.24) is 10.2 Å². The highest BCUT2D eigenvalue weighted by atomic mass is 16.5. The first kappa shape index (κ1) is 22.8. The van der Waals surface area contributed by atoms with Gasteiger partial charge in [0.25, 0.3) is 0 Å². The average Bonchev–Trinajstić information content (AvgIpc) is 2.81. The van der Waals surface area contributed by atoms with Crippen molar-refractivity contribution in [1.29, 1.82) is 0 Å². The van der Waals surface area contributed by atoms with Gasteiger partial charge in [-0.25, -0.2) is 0 Å². The van der Waals surface area contributed by atoms with Gasteiger partial charge in [0.1, 0.15) is 5.75 Å². The molecule has 5 heteroatoms. The van der Waals surface area contributed by atoms with Crippen LogP contribution in [0.5, 0.6) is 5.75 Å². The van der Waals surface area contributed by atoms with Gasteiger partial charge in [-0.2, -0.15) is 0 Å². The third-order valence-electron chi connectivity index (χ3n) is 6.07. The fourth-order valence-corrected chi connectivity index (χ4v) is 4.50. The smallest absolute Gasteiger partial charge is 0.123 e. The van der Waals surface area contributed by atoms with E-state index in [4.69, 9.17) is 9.84 Å². The second-order valence-electron chi connectivity index (χ2n) is 8.17. The van der Waals surface area contributed by atoms with Crippen LogP contribution in [0.2, 0.25) is 0 Å². The number of benzene rings is 2. The molecule has 0 spiro atoms. The van der Waals surface area contributed by atoms with Crippen LogP contribution in [-0.2, 0) is 6.54 Å². The molecule has 1 fully saturated rings. The van der Waals surface area contributed by atoms with Crippen molar-refractivity contribution in [3.05, 3.63) is 65.7 Å².